The van der Waals surface area contributed by atoms with Gasteiger partial charge in [0.15, 0.2) is 0 Å². The minimum atomic E-state index is -0.0287. The smallest absolute Gasteiger partial charge is 0.251 e. The first-order chi connectivity index (χ1) is 13.0. The van der Waals surface area contributed by atoms with Crippen LogP contribution in [0.1, 0.15) is 38.1 Å². The van der Waals surface area contributed by atoms with Gasteiger partial charge in [-0.1, -0.05) is 30.3 Å². The van der Waals surface area contributed by atoms with Gasteiger partial charge < -0.3 is 5.32 Å². The molecule has 0 spiro atoms. The number of amides is 1. The summed E-state index contributed by atoms with van der Waals surface area (Å²) in [4.78, 5) is 19.6. The summed E-state index contributed by atoms with van der Waals surface area (Å²) in [5, 5.41) is 4.03. The highest BCUT2D eigenvalue weighted by atomic mass is 32.1. The van der Waals surface area contributed by atoms with Gasteiger partial charge in [-0.05, 0) is 45.9 Å². The number of fused-ring (bicyclic) bond motifs is 1. The Morgan fingerprint density at radius 2 is 1.78 bits per heavy atom. The second-order valence-electron chi connectivity index (χ2n) is 7.25. The van der Waals surface area contributed by atoms with Crippen LogP contribution in [-0.4, -0.2) is 41.0 Å². The summed E-state index contributed by atoms with van der Waals surface area (Å²) in [6.07, 6.45) is 0. The van der Waals surface area contributed by atoms with Crippen LogP contribution in [0.25, 0.3) is 20.8 Å². The quantitative estimate of drug-likeness (QED) is 0.639. The van der Waals surface area contributed by atoms with Crippen molar-refractivity contribution in [3.63, 3.8) is 0 Å². The van der Waals surface area contributed by atoms with Gasteiger partial charge in [-0.3, -0.25) is 9.69 Å². The van der Waals surface area contributed by atoms with E-state index in [2.05, 4.69) is 55.0 Å². The van der Waals surface area contributed by atoms with Gasteiger partial charge >= 0.3 is 0 Å². The molecule has 2 aromatic carbocycles. The Bertz CT molecular complexity index is 894. The molecule has 0 saturated heterocycles. The first kappa shape index (κ1) is 19.5. The molecule has 0 saturated carbocycles. The fourth-order valence-electron chi connectivity index (χ4n) is 3.28. The fraction of sp³-hybridized carbons (Fsp3) is 0.364. The summed E-state index contributed by atoms with van der Waals surface area (Å²) in [5.74, 6) is -0.0287. The topological polar surface area (TPSA) is 45.2 Å². The van der Waals surface area contributed by atoms with E-state index >= 15 is 0 Å². The molecule has 4 nitrogen and oxygen atoms in total. The van der Waals surface area contributed by atoms with Crippen LogP contribution in [-0.2, 0) is 0 Å². The van der Waals surface area contributed by atoms with Crippen molar-refractivity contribution in [3.05, 3.63) is 54.1 Å². The molecule has 142 valence electrons. The predicted octanol–water partition coefficient (Wildman–Crippen LogP) is 4.81. The summed E-state index contributed by atoms with van der Waals surface area (Å²) in [7, 11) is 0. The number of rotatable bonds is 7. The summed E-state index contributed by atoms with van der Waals surface area (Å²) in [5.41, 5.74) is 2.72. The molecule has 0 fully saturated rings. The fourth-order valence-corrected chi connectivity index (χ4v) is 4.29. The molecule has 27 heavy (non-hydrogen) atoms. The normalized spacial score (nSPS) is 11.7. The zero-order valence-corrected chi connectivity index (χ0v) is 17.2. The second-order valence-corrected chi connectivity index (χ2v) is 8.28. The standard InChI is InChI=1S/C22H27N3OS/c1-15(2)25(16(3)4)13-12-23-21(26)18-10-11-19-20(14-18)27-22(24-19)17-8-6-5-7-9-17/h5-11,14-16H,12-13H2,1-4H3,(H,23,26). The molecule has 0 aliphatic rings. The van der Waals surface area contributed by atoms with Crippen LogP contribution in [0, 0.1) is 0 Å². The molecule has 0 unspecified atom stereocenters. The van der Waals surface area contributed by atoms with Crippen LogP contribution >= 0.6 is 11.3 Å². The first-order valence-electron chi connectivity index (χ1n) is 9.45. The van der Waals surface area contributed by atoms with E-state index in [0.29, 0.717) is 24.2 Å². The number of nitrogens with zero attached hydrogens (tertiary/aromatic N) is 2. The summed E-state index contributed by atoms with van der Waals surface area (Å²) in [6, 6.07) is 16.8. The highest BCUT2D eigenvalue weighted by Gasteiger charge is 2.14. The van der Waals surface area contributed by atoms with Crippen molar-refractivity contribution in [3.8, 4) is 10.6 Å². The van der Waals surface area contributed by atoms with Crippen LogP contribution in [0.2, 0.25) is 0 Å². The Morgan fingerprint density at radius 3 is 2.44 bits per heavy atom. The number of aromatic nitrogens is 1. The number of carbonyl (C=O) groups excluding carboxylic acids is 1. The van der Waals surface area contributed by atoms with Crippen molar-refractivity contribution in [1.82, 2.24) is 15.2 Å². The van der Waals surface area contributed by atoms with E-state index in [1.165, 1.54) is 0 Å². The summed E-state index contributed by atoms with van der Waals surface area (Å²) in [6.45, 7) is 10.2. The second kappa shape index (κ2) is 8.63. The van der Waals surface area contributed by atoms with Gasteiger partial charge in [0.1, 0.15) is 5.01 Å². The zero-order chi connectivity index (χ0) is 19.4. The molecule has 0 radical (unpaired) electrons. The molecule has 3 rings (SSSR count). The molecule has 0 bridgehead atoms. The van der Waals surface area contributed by atoms with Crippen molar-refractivity contribution < 1.29 is 4.79 Å². The first-order valence-corrected chi connectivity index (χ1v) is 10.3. The number of benzene rings is 2. The maximum Gasteiger partial charge on any atom is 0.251 e. The number of thiazole rings is 1. The van der Waals surface area contributed by atoms with Gasteiger partial charge in [0.2, 0.25) is 0 Å². The molecule has 5 heteroatoms. The minimum absolute atomic E-state index is 0.0287. The molecule has 1 N–H and O–H groups in total. The van der Waals surface area contributed by atoms with Crippen molar-refractivity contribution in [2.45, 2.75) is 39.8 Å². The van der Waals surface area contributed by atoms with E-state index in [1.807, 2.05) is 36.4 Å². The third-order valence-corrected chi connectivity index (χ3v) is 5.72. The Balaban J connectivity index is 1.68. The van der Waals surface area contributed by atoms with Gasteiger partial charge in [-0.15, -0.1) is 11.3 Å². The molecule has 1 aromatic heterocycles. The van der Waals surface area contributed by atoms with Crippen LogP contribution in [0.3, 0.4) is 0 Å². The van der Waals surface area contributed by atoms with Crippen LogP contribution < -0.4 is 5.32 Å². The minimum Gasteiger partial charge on any atom is -0.351 e. The molecular formula is C22H27N3OS. The highest BCUT2D eigenvalue weighted by Crippen LogP contribution is 2.30. The number of carbonyl (C=O) groups is 1. The third kappa shape index (κ3) is 4.73. The van der Waals surface area contributed by atoms with E-state index in [4.69, 9.17) is 0 Å². The Morgan fingerprint density at radius 1 is 1.07 bits per heavy atom. The third-order valence-electron chi connectivity index (χ3n) is 4.65. The van der Waals surface area contributed by atoms with E-state index in [0.717, 1.165) is 27.3 Å². The zero-order valence-electron chi connectivity index (χ0n) is 16.4. The lowest BCUT2D eigenvalue weighted by atomic mass is 10.2. The van der Waals surface area contributed by atoms with E-state index in [-0.39, 0.29) is 5.91 Å². The van der Waals surface area contributed by atoms with Crippen molar-refractivity contribution in [1.29, 1.82) is 0 Å². The predicted molar refractivity (Wildman–Crippen MR) is 114 cm³/mol. The largest absolute Gasteiger partial charge is 0.351 e. The Kier molecular flexibility index (Phi) is 6.24. The molecule has 0 atom stereocenters. The average Bonchev–Trinajstić information content (AvgIpc) is 3.08. The Hall–Kier alpha value is -2.24. The molecule has 0 aliphatic carbocycles. The molecule has 0 aliphatic heterocycles. The van der Waals surface area contributed by atoms with Gasteiger partial charge in [0.25, 0.3) is 5.91 Å². The van der Waals surface area contributed by atoms with Gasteiger partial charge in [0.05, 0.1) is 10.2 Å². The van der Waals surface area contributed by atoms with Crippen molar-refractivity contribution in [2.24, 2.45) is 0 Å². The van der Waals surface area contributed by atoms with Crippen LogP contribution in [0.5, 0.6) is 0 Å². The van der Waals surface area contributed by atoms with E-state index in [1.54, 1.807) is 11.3 Å². The molecule has 1 heterocycles. The van der Waals surface area contributed by atoms with Gasteiger partial charge in [-0.25, -0.2) is 4.98 Å². The molecule has 1 amide bonds. The van der Waals surface area contributed by atoms with Crippen molar-refractivity contribution >= 4 is 27.5 Å². The Labute approximate surface area is 165 Å². The lowest BCUT2D eigenvalue weighted by Crippen LogP contribution is -2.42. The van der Waals surface area contributed by atoms with Gasteiger partial charge in [-0.2, -0.15) is 0 Å². The van der Waals surface area contributed by atoms with E-state index < -0.39 is 0 Å². The van der Waals surface area contributed by atoms with E-state index in [9.17, 15) is 4.79 Å². The summed E-state index contributed by atoms with van der Waals surface area (Å²) >= 11 is 1.62. The van der Waals surface area contributed by atoms with Gasteiger partial charge in [0, 0.05) is 36.3 Å². The lowest BCUT2D eigenvalue weighted by molar-refractivity contribution is 0.0939. The maximum absolute atomic E-state index is 12.5. The highest BCUT2D eigenvalue weighted by molar-refractivity contribution is 7.21. The molecular weight excluding hydrogens is 354 g/mol. The van der Waals surface area contributed by atoms with Crippen LogP contribution in [0.15, 0.2) is 48.5 Å². The van der Waals surface area contributed by atoms with Crippen LogP contribution in [0.4, 0.5) is 0 Å². The molecule has 3 aromatic rings. The SMILES string of the molecule is CC(C)N(CCNC(=O)c1ccc2nc(-c3ccccc3)sc2c1)C(C)C. The number of hydrogen-bond acceptors (Lipinski definition) is 4. The summed E-state index contributed by atoms with van der Waals surface area (Å²) < 4.78 is 1.03. The number of hydrogen-bond donors (Lipinski definition) is 1. The van der Waals surface area contributed by atoms with Crippen molar-refractivity contribution in [2.75, 3.05) is 13.1 Å². The maximum atomic E-state index is 12.5. The number of nitrogens with one attached hydrogen (secondary N) is 1. The average molecular weight is 382 g/mol. The monoisotopic (exact) mass is 381 g/mol. The lowest BCUT2D eigenvalue weighted by Gasteiger charge is -2.30.